The molecule has 0 atom stereocenters. The van der Waals surface area contributed by atoms with Gasteiger partial charge in [-0.25, -0.2) is 0 Å². The number of carbonyl (C=O) groups is 1. The van der Waals surface area contributed by atoms with E-state index in [-0.39, 0.29) is 0 Å². The van der Waals surface area contributed by atoms with E-state index >= 15 is 0 Å². The Morgan fingerprint density at radius 1 is 1.67 bits per heavy atom. The van der Waals surface area contributed by atoms with Crippen LogP contribution in [-0.4, -0.2) is 12.5 Å². The van der Waals surface area contributed by atoms with E-state index in [1.54, 1.807) is 23.9 Å². The molecule has 0 unspecified atom stereocenters. The molecule has 0 spiro atoms. The zero-order chi connectivity index (χ0) is 6.53. The lowest BCUT2D eigenvalue weighted by Gasteiger charge is -1.84. The van der Waals surface area contributed by atoms with E-state index in [0.29, 0.717) is 4.91 Å². The standard InChI is InChI=1S/C6H5NOS/c8-5-6-1-2-7-3-4-9-6/h1-5H. The van der Waals surface area contributed by atoms with Gasteiger partial charge in [-0.1, -0.05) is 11.8 Å². The highest BCUT2D eigenvalue weighted by molar-refractivity contribution is 8.06. The summed E-state index contributed by atoms with van der Waals surface area (Å²) in [5.41, 5.74) is 0. The van der Waals surface area contributed by atoms with Crippen molar-refractivity contribution in [2.24, 2.45) is 4.99 Å². The van der Waals surface area contributed by atoms with Crippen molar-refractivity contribution in [2.75, 3.05) is 0 Å². The molecule has 0 bridgehead atoms. The molecular weight excluding hydrogens is 134 g/mol. The van der Waals surface area contributed by atoms with Gasteiger partial charge in [-0.15, -0.1) is 0 Å². The molecule has 46 valence electrons. The molecule has 1 aliphatic heterocycles. The lowest BCUT2D eigenvalue weighted by Crippen LogP contribution is -1.73. The average Bonchev–Trinajstić information content (AvgIpc) is 2.13. The summed E-state index contributed by atoms with van der Waals surface area (Å²) >= 11 is 1.37. The maximum absolute atomic E-state index is 10.1. The molecule has 0 fully saturated rings. The Morgan fingerprint density at radius 3 is 3.33 bits per heavy atom. The number of hydrogen-bond donors (Lipinski definition) is 0. The first-order chi connectivity index (χ1) is 4.43. The van der Waals surface area contributed by atoms with E-state index in [9.17, 15) is 4.79 Å². The molecule has 0 amide bonds. The lowest BCUT2D eigenvalue weighted by molar-refractivity contribution is -0.104. The fourth-order valence-corrected chi connectivity index (χ4v) is 0.900. The smallest absolute Gasteiger partial charge is 0.156 e. The van der Waals surface area contributed by atoms with Crippen LogP contribution in [0.2, 0.25) is 0 Å². The van der Waals surface area contributed by atoms with Crippen molar-refractivity contribution < 1.29 is 4.79 Å². The fourth-order valence-electron chi connectivity index (χ4n) is 0.417. The average molecular weight is 139 g/mol. The molecule has 9 heavy (non-hydrogen) atoms. The first-order valence-electron chi connectivity index (χ1n) is 2.44. The lowest BCUT2D eigenvalue weighted by atomic mass is 10.5. The van der Waals surface area contributed by atoms with Crippen LogP contribution in [0.5, 0.6) is 0 Å². The van der Waals surface area contributed by atoms with Gasteiger partial charge < -0.3 is 0 Å². The summed E-state index contributed by atoms with van der Waals surface area (Å²) in [4.78, 5) is 14.6. The van der Waals surface area contributed by atoms with Crippen LogP contribution in [-0.2, 0) is 4.79 Å². The molecule has 0 aromatic carbocycles. The minimum atomic E-state index is 0.688. The third kappa shape index (κ3) is 1.85. The number of hydrogen-bond acceptors (Lipinski definition) is 3. The minimum Gasteiger partial charge on any atom is -0.297 e. The zero-order valence-electron chi connectivity index (χ0n) is 4.65. The Labute approximate surface area is 57.4 Å². The van der Waals surface area contributed by atoms with Gasteiger partial charge in [0.25, 0.3) is 0 Å². The van der Waals surface area contributed by atoms with Gasteiger partial charge in [0.05, 0.1) is 4.91 Å². The molecule has 1 rings (SSSR count). The molecule has 0 aromatic rings. The second kappa shape index (κ2) is 3.25. The van der Waals surface area contributed by atoms with Crippen LogP contribution in [0.3, 0.4) is 0 Å². The first-order valence-corrected chi connectivity index (χ1v) is 3.32. The molecule has 1 heterocycles. The van der Waals surface area contributed by atoms with Crippen molar-refractivity contribution in [1.29, 1.82) is 0 Å². The van der Waals surface area contributed by atoms with E-state index in [1.807, 2.05) is 0 Å². The molecule has 0 saturated heterocycles. The summed E-state index contributed by atoms with van der Waals surface area (Å²) in [6.07, 6.45) is 5.74. The number of nitrogens with zero attached hydrogens (tertiary/aromatic N) is 1. The Bertz CT molecular complexity index is 193. The van der Waals surface area contributed by atoms with Crippen LogP contribution in [0.4, 0.5) is 0 Å². The van der Waals surface area contributed by atoms with Crippen molar-refractivity contribution in [1.82, 2.24) is 0 Å². The Kier molecular flexibility index (Phi) is 2.27. The molecule has 0 aliphatic carbocycles. The molecule has 1 aliphatic rings. The maximum Gasteiger partial charge on any atom is 0.156 e. The summed E-state index contributed by atoms with van der Waals surface area (Å²) in [7, 11) is 0. The van der Waals surface area contributed by atoms with E-state index in [1.165, 1.54) is 11.8 Å². The van der Waals surface area contributed by atoms with Crippen LogP contribution in [0.15, 0.2) is 27.6 Å². The summed E-state index contributed by atoms with van der Waals surface area (Å²) in [5, 5.41) is 1.77. The molecule has 0 saturated carbocycles. The van der Waals surface area contributed by atoms with Crippen molar-refractivity contribution in [3.63, 3.8) is 0 Å². The summed E-state index contributed by atoms with van der Waals surface area (Å²) < 4.78 is 0. The van der Waals surface area contributed by atoms with E-state index < -0.39 is 0 Å². The molecule has 0 radical (unpaired) electrons. The number of rotatable bonds is 1. The highest BCUT2D eigenvalue weighted by Crippen LogP contribution is 2.14. The number of carbonyl (C=O) groups excluding carboxylic acids is 1. The summed E-state index contributed by atoms with van der Waals surface area (Å²) in [6.45, 7) is 0. The van der Waals surface area contributed by atoms with Gasteiger partial charge in [0.1, 0.15) is 0 Å². The van der Waals surface area contributed by atoms with Crippen molar-refractivity contribution in [2.45, 2.75) is 0 Å². The molecule has 3 heteroatoms. The van der Waals surface area contributed by atoms with Gasteiger partial charge in [0, 0.05) is 12.4 Å². The third-order valence-corrected chi connectivity index (χ3v) is 1.55. The normalized spacial score (nSPS) is 16.7. The van der Waals surface area contributed by atoms with Crippen molar-refractivity contribution in [3.05, 3.63) is 22.6 Å². The molecule has 2 nitrogen and oxygen atoms in total. The molecule has 0 aromatic heterocycles. The largest absolute Gasteiger partial charge is 0.297 e. The summed E-state index contributed by atoms with van der Waals surface area (Å²) in [5.74, 6) is 0. The van der Waals surface area contributed by atoms with Gasteiger partial charge in [0.15, 0.2) is 6.29 Å². The molecular formula is C6H5NOS. The number of aldehydes is 1. The quantitative estimate of drug-likeness (QED) is 0.513. The number of thioether (sulfide) groups is 1. The zero-order valence-corrected chi connectivity index (χ0v) is 5.47. The fraction of sp³-hybridized carbons (Fsp3) is 0. The van der Waals surface area contributed by atoms with E-state index in [2.05, 4.69) is 4.99 Å². The van der Waals surface area contributed by atoms with Crippen LogP contribution in [0, 0.1) is 0 Å². The minimum absolute atomic E-state index is 0.688. The van der Waals surface area contributed by atoms with Crippen molar-refractivity contribution in [3.8, 4) is 0 Å². The Morgan fingerprint density at radius 2 is 2.56 bits per heavy atom. The van der Waals surface area contributed by atoms with Crippen LogP contribution in [0.1, 0.15) is 0 Å². The predicted molar refractivity (Wildman–Crippen MR) is 39.4 cm³/mol. The topological polar surface area (TPSA) is 29.4 Å². The predicted octanol–water partition coefficient (Wildman–Crippen LogP) is 1.36. The van der Waals surface area contributed by atoms with Gasteiger partial charge >= 0.3 is 0 Å². The number of allylic oxidation sites excluding steroid dienone is 2. The Hall–Kier alpha value is -0.830. The van der Waals surface area contributed by atoms with Gasteiger partial charge in [-0.2, -0.15) is 0 Å². The van der Waals surface area contributed by atoms with Gasteiger partial charge in [0.2, 0.25) is 0 Å². The maximum atomic E-state index is 10.1. The second-order valence-corrected chi connectivity index (χ2v) is 2.37. The monoisotopic (exact) mass is 139 g/mol. The Balaban J connectivity index is 2.73. The van der Waals surface area contributed by atoms with Gasteiger partial charge in [-0.05, 0) is 11.5 Å². The third-order valence-electron chi connectivity index (χ3n) is 0.792. The van der Waals surface area contributed by atoms with Crippen LogP contribution in [0.25, 0.3) is 0 Å². The highest BCUT2D eigenvalue weighted by Gasteiger charge is 1.91. The van der Waals surface area contributed by atoms with E-state index in [4.69, 9.17) is 0 Å². The summed E-state index contributed by atoms with van der Waals surface area (Å²) in [6, 6.07) is 0. The highest BCUT2D eigenvalue weighted by atomic mass is 32.2. The van der Waals surface area contributed by atoms with Crippen LogP contribution < -0.4 is 0 Å². The first kappa shape index (κ1) is 6.29. The van der Waals surface area contributed by atoms with Gasteiger partial charge in [-0.3, -0.25) is 9.79 Å². The van der Waals surface area contributed by atoms with E-state index in [0.717, 1.165) is 6.29 Å². The van der Waals surface area contributed by atoms with Crippen molar-refractivity contribution >= 4 is 24.3 Å². The number of aliphatic imine (C=N–C) groups is 1. The molecule has 0 N–H and O–H groups in total. The van der Waals surface area contributed by atoms with Crippen LogP contribution >= 0.6 is 11.8 Å². The second-order valence-electron chi connectivity index (χ2n) is 1.39. The SMILES string of the molecule is O=CC1=CC=NC=CS1.